The Morgan fingerprint density at radius 2 is 1.91 bits per heavy atom. The summed E-state index contributed by atoms with van der Waals surface area (Å²) < 4.78 is 12.3. The van der Waals surface area contributed by atoms with Gasteiger partial charge in [0.2, 0.25) is 0 Å². The molecule has 0 radical (unpaired) electrons. The van der Waals surface area contributed by atoms with Crippen LogP contribution in [0, 0.1) is 0 Å². The number of hydrogen-bond acceptors (Lipinski definition) is 4. The van der Waals surface area contributed by atoms with Crippen molar-refractivity contribution < 1.29 is 19.4 Å². The van der Waals surface area contributed by atoms with Crippen LogP contribution < -0.4 is 9.47 Å². The van der Waals surface area contributed by atoms with Crippen LogP contribution in [0.25, 0.3) is 16.9 Å². The molecule has 0 saturated heterocycles. The summed E-state index contributed by atoms with van der Waals surface area (Å²) in [5, 5.41) is 9.03. The highest BCUT2D eigenvalue weighted by molar-refractivity contribution is 5.88. The van der Waals surface area contributed by atoms with Gasteiger partial charge in [0.15, 0.2) is 11.5 Å². The van der Waals surface area contributed by atoms with Crippen LogP contribution in [0.5, 0.6) is 11.5 Å². The lowest BCUT2D eigenvalue weighted by Gasteiger charge is -2.08. The number of carbonyl (C=O) groups is 1. The summed E-state index contributed by atoms with van der Waals surface area (Å²) >= 11 is 0. The molecule has 0 atom stereocenters. The fourth-order valence-corrected chi connectivity index (χ4v) is 2.25. The summed E-state index contributed by atoms with van der Waals surface area (Å²) in [5.41, 5.74) is 2.36. The molecule has 0 bridgehead atoms. The summed E-state index contributed by atoms with van der Waals surface area (Å²) in [6.45, 7) is 0. The highest BCUT2D eigenvalue weighted by Gasteiger charge is 2.11. The number of fused-ring (bicyclic) bond motifs is 1. The first-order valence-corrected chi connectivity index (χ1v) is 6.57. The number of methoxy groups -OCH3 is 2. The first kappa shape index (κ1) is 13.9. The van der Waals surface area contributed by atoms with Crippen LogP contribution in [-0.2, 0) is 0 Å². The molecular weight excluding hydrogens is 284 g/mol. The molecule has 0 spiro atoms. The van der Waals surface area contributed by atoms with E-state index in [2.05, 4.69) is 4.98 Å². The van der Waals surface area contributed by atoms with Gasteiger partial charge >= 0.3 is 5.97 Å². The largest absolute Gasteiger partial charge is 0.493 e. The average molecular weight is 298 g/mol. The fourth-order valence-electron chi connectivity index (χ4n) is 2.25. The van der Waals surface area contributed by atoms with Crippen LogP contribution in [0.1, 0.15) is 10.4 Å². The smallest absolute Gasteiger partial charge is 0.335 e. The molecule has 2 aromatic heterocycles. The highest BCUT2D eigenvalue weighted by Crippen LogP contribution is 2.32. The second-order valence-corrected chi connectivity index (χ2v) is 4.68. The monoisotopic (exact) mass is 298 g/mol. The summed E-state index contributed by atoms with van der Waals surface area (Å²) in [6, 6.07) is 8.59. The van der Waals surface area contributed by atoms with Crippen molar-refractivity contribution in [1.82, 2.24) is 9.38 Å². The van der Waals surface area contributed by atoms with Crippen LogP contribution in [0.2, 0.25) is 0 Å². The van der Waals surface area contributed by atoms with Gasteiger partial charge in [-0.2, -0.15) is 0 Å². The van der Waals surface area contributed by atoms with E-state index in [1.165, 1.54) is 12.1 Å². The minimum absolute atomic E-state index is 0.206. The lowest BCUT2D eigenvalue weighted by Crippen LogP contribution is -1.96. The SMILES string of the molecule is COc1ccc(-c2cn3ccc(C(=O)O)cc3n2)cc1OC. The predicted molar refractivity (Wildman–Crippen MR) is 80.7 cm³/mol. The van der Waals surface area contributed by atoms with E-state index >= 15 is 0 Å². The van der Waals surface area contributed by atoms with E-state index < -0.39 is 5.97 Å². The van der Waals surface area contributed by atoms with Crippen molar-refractivity contribution in [3.8, 4) is 22.8 Å². The molecule has 0 aliphatic carbocycles. The van der Waals surface area contributed by atoms with Crippen LogP contribution in [-0.4, -0.2) is 34.7 Å². The third-order valence-electron chi connectivity index (χ3n) is 3.39. The Bertz CT molecular complexity index is 854. The molecule has 6 nitrogen and oxygen atoms in total. The van der Waals surface area contributed by atoms with Gasteiger partial charge in [0, 0.05) is 18.0 Å². The fraction of sp³-hybridized carbons (Fsp3) is 0.125. The average Bonchev–Trinajstić information content (AvgIpc) is 2.97. The number of pyridine rings is 1. The van der Waals surface area contributed by atoms with Crippen LogP contribution in [0.3, 0.4) is 0 Å². The van der Waals surface area contributed by atoms with Crippen molar-refractivity contribution in [3.63, 3.8) is 0 Å². The number of hydrogen-bond donors (Lipinski definition) is 1. The maximum atomic E-state index is 11.0. The normalized spacial score (nSPS) is 10.6. The first-order chi connectivity index (χ1) is 10.6. The summed E-state index contributed by atoms with van der Waals surface area (Å²) in [5.74, 6) is 0.282. The second-order valence-electron chi connectivity index (χ2n) is 4.68. The maximum absolute atomic E-state index is 11.0. The molecule has 0 amide bonds. The number of aromatic nitrogens is 2. The summed E-state index contributed by atoms with van der Waals surface area (Å²) in [4.78, 5) is 15.5. The molecule has 112 valence electrons. The van der Waals surface area contributed by atoms with Gasteiger partial charge < -0.3 is 19.0 Å². The van der Waals surface area contributed by atoms with Gasteiger partial charge in [-0.15, -0.1) is 0 Å². The van der Waals surface area contributed by atoms with Gasteiger partial charge in [-0.05, 0) is 30.3 Å². The van der Waals surface area contributed by atoms with E-state index in [4.69, 9.17) is 14.6 Å². The number of carboxylic acid groups (broad SMARTS) is 1. The van der Waals surface area contributed by atoms with Crippen LogP contribution in [0.4, 0.5) is 0 Å². The topological polar surface area (TPSA) is 73.1 Å². The number of aromatic carboxylic acids is 1. The number of ether oxygens (including phenoxy) is 2. The minimum Gasteiger partial charge on any atom is -0.493 e. The predicted octanol–water partition coefficient (Wildman–Crippen LogP) is 2.72. The molecular formula is C16H14N2O4. The Hall–Kier alpha value is -3.02. The standard InChI is InChI=1S/C16H14N2O4/c1-21-13-4-3-10(7-14(13)22-2)12-9-18-6-5-11(16(19)20)8-15(18)17-12/h3-9H,1-2H3,(H,19,20). The van der Waals surface area contributed by atoms with E-state index in [-0.39, 0.29) is 5.56 Å². The van der Waals surface area contributed by atoms with Crippen molar-refractivity contribution in [3.05, 3.63) is 48.3 Å². The van der Waals surface area contributed by atoms with Gasteiger partial charge in [0.05, 0.1) is 25.5 Å². The number of imidazole rings is 1. The molecule has 0 aliphatic rings. The van der Waals surface area contributed by atoms with Crippen molar-refractivity contribution in [2.24, 2.45) is 0 Å². The molecule has 2 heterocycles. The quantitative estimate of drug-likeness (QED) is 0.801. The number of nitrogens with zero attached hydrogens (tertiary/aromatic N) is 2. The molecule has 0 unspecified atom stereocenters. The Morgan fingerprint density at radius 1 is 1.14 bits per heavy atom. The summed E-state index contributed by atoms with van der Waals surface area (Å²) in [7, 11) is 3.15. The first-order valence-electron chi connectivity index (χ1n) is 6.57. The van der Waals surface area contributed by atoms with Gasteiger partial charge in [-0.25, -0.2) is 9.78 Å². The van der Waals surface area contributed by atoms with E-state index in [9.17, 15) is 4.79 Å². The van der Waals surface area contributed by atoms with Crippen LogP contribution in [0.15, 0.2) is 42.7 Å². The second kappa shape index (κ2) is 5.40. The van der Waals surface area contributed by atoms with Gasteiger partial charge in [0.1, 0.15) is 5.65 Å². The lowest BCUT2D eigenvalue weighted by molar-refractivity contribution is 0.0697. The molecule has 3 aromatic rings. The lowest BCUT2D eigenvalue weighted by atomic mass is 10.1. The Balaban J connectivity index is 2.08. The number of carboxylic acids is 1. The molecule has 3 rings (SSSR count). The van der Waals surface area contributed by atoms with Crippen molar-refractivity contribution >= 4 is 11.6 Å². The van der Waals surface area contributed by atoms with Gasteiger partial charge in [-0.3, -0.25) is 0 Å². The zero-order chi connectivity index (χ0) is 15.7. The zero-order valence-corrected chi connectivity index (χ0v) is 12.1. The molecule has 0 fully saturated rings. The van der Waals surface area contributed by atoms with Gasteiger partial charge in [-0.1, -0.05) is 0 Å². The Kier molecular flexibility index (Phi) is 3.42. The molecule has 1 aromatic carbocycles. The minimum atomic E-state index is -0.974. The van der Waals surface area contributed by atoms with Crippen molar-refractivity contribution in [2.45, 2.75) is 0 Å². The third-order valence-corrected chi connectivity index (χ3v) is 3.39. The summed E-state index contributed by atoms with van der Waals surface area (Å²) in [6.07, 6.45) is 3.51. The molecule has 1 N–H and O–H groups in total. The van der Waals surface area contributed by atoms with Crippen LogP contribution >= 0.6 is 0 Å². The van der Waals surface area contributed by atoms with Gasteiger partial charge in [0.25, 0.3) is 0 Å². The van der Waals surface area contributed by atoms with E-state index in [0.29, 0.717) is 17.1 Å². The zero-order valence-electron chi connectivity index (χ0n) is 12.1. The number of rotatable bonds is 4. The van der Waals surface area contributed by atoms with E-state index in [0.717, 1.165) is 11.3 Å². The van der Waals surface area contributed by atoms with E-state index in [1.54, 1.807) is 30.9 Å². The highest BCUT2D eigenvalue weighted by atomic mass is 16.5. The van der Waals surface area contributed by atoms with E-state index in [1.807, 2.05) is 18.3 Å². The number of benzene rings is 1. The third kappa shape index (κ3) is 2.35. The maximum Gasteiger partial charge on any atom is 0.335 e. The Labute approximate surface area is 126 Å². The molecule has 0 aliphatic heterocycles. The molecule has 6 heteroatoms. The Morgan fingerprint density at radius 3 is 2.59 bits per heavy atom. The molecule has 22 heavy (non-hydrogen) atoms. The molecule has 0 saturated carbocycles. The van der Waals surface area contributed by atoms with Crippen molar-refractivity contribution in [2.75, 3.05) is 14.2 Å². The van der Waals surface area contributed by atoms with Crippen molar-refractivity contribution in [1.29, 1.82) is 0 Å².